The Hall–Kier alpha value is -3.15. The molecule has 1 aromatic heterocycles. The van der Waals surface area contributed by atoms with Gasteiger partial charge in [-0.3, -0.25) is 4.79 Å². The largest absolute Gasteiger partial charge is 0.378 e. The Morgan fingerprint density at radius 1 is 1.03 bits per heavy atom. The summed E-state index contributed by atoms with van der Waals surface area (Å²) in [7, 11) is 0. The van der Waals surface area contributed by atoms with Crippen molar-refractivity contribution in [1.82, 2.24) is 9.88 Å². The van der Waals surface area contributed by atoms with Gasteiger partial charge in [-0.25, -0.2) is 4.98 Å². The highest BCUT2D eigenvalue weighted by molar-refractivity contribution is 5.91. The normalized spacial score (nSPS) is 17.5. The molecule has 32 heavy (non-hydrogen) atoms. The molecule has 4 rings (SSSR count). The van der Waals surface area contributed by atoms with Gasteiger partial charge in [-0.2, -0.15) is 5.26 Å². The van der Waals surface area contributed by atoms with Crippen molar-refractivity contribution in [2.24, 2.45) is 0 Å². The number of hydrogen-bond donors (Lipinski definition) is 1. The van der Waals surface area contributed by atoms with Crippen LogP contribution in [-0.4, -0.2) is 74.8 Å². The zero-order valence-corrected chi connectivity index (χ0v) is 18.4. The van der Waals surface area contributed by atoms with Gasteiger partial charge in [0, 0.05) is 63.3 Å². The van der Waals surface area contributed by atoms with Gasteiger partial charge in [0.1, 0.15) is 11.9 Å². The summed E-state index contributed by atoms with van der Waals surface area (Å²) in [6, 6.07) is 13.9. The summed E-state index contributed by atoms with van der Waals surface area (Å²) >= 11 is 0. The van der Waals surface area contributed by atoms with Crippen LogP contribution in [0.15, 0.2) is 42.6 Å². The van der Waals surface area contributed by atoms with Crippen molar-refractivity contribution in [3.63, 3.8) is 0 Å². The number of carbonyl (C=O) groups excluding carboxylic acids is 1. The Bertz CT molecular complexity index is 936. The van der Waals surface area contributed by atoms with Crippen molar-refractivity contribution in [1.29, 1.82) is 5.26 Å². The first-order valence-corrected chi connectivity index (χ1v) is 11.3. The highest BCUT2D eigenvalue weighted by Crippen LogP contribution is 2.20. The smallest absolute Gasteiger partial charge is 0.225 e. The molecule has 8 nitrogen and oxygen atoms in total. The lowest BCUT2D eigenvalue weighted by Crippen LogP contribution is -2.36. The van der Waals surface area contributed by atoms with Gasteiger partial charge in [-0.15, -0.1) is 0 Å². The second kappa shape index (κ2) is 10.9. The third kappa shape index (κ3) is 5.75. The first-order chi connectivity index (χ1) is 15.7. The molecule has 0 aliphatic carbocycles. The molecule has 2 aliphatic rings. The summed E-state index contributed by atoms with van der Waals surface area (Å²) in [6.45, 7) is 7.49. The lowest BCUT2D eigenvalue weighted by Gasteiger charge is -2.28. The first-order valence-electron chi connectivity index (χ1n) is 11.3. The van der Waals surface area contributed by atoms with Crippen molar-refractivity contribution < 1.29 is 9.53 Å². The maximum Gasteiger partial charge on any atom is 0.225 e. The van der Waals surface area contributed by atoms with Gasteiger partial charge in [0.15, 0.2) is 0 Å². The van der Waals surface area contributed by atoms with Crippen LogP contribution in [0.5, 0.6) is 0 Å². The van der Waals surface area contributed by atoms with Crippen LogP contribution in [0.2, 0.25) is 0 Å². The van der Waals surface area contributed by atoms with Crippen LogP contribution in [0, 0.1) is 11.3 Å². The number of benzene rings is 1. The number of ether oxygens (including phenoxy) is 1. The van der Waals surface area contributed by atoms with E-state index in [9.17, 15) is 10.1 Å². The number of anilines is 3. The number of hydrogen-bond acceptors (Lipinski definition) is 7. The summed E-state index contributed by atoms with van der Waals surface area (Å²) in [5.41, 5.74) is 2.60. The number of pyridine rings is 1. The zero-order valence-electron chi connectivity index (χ0n) is 18.4. The maximum atomic E-state index is 12.5. The molecular formula is C24H30N6O2. The van der Waals surface area contributed by atoms with Crippen LogP contribution in [-0.2, 0) is 9.53 Å². The lowest BCUT2D eigenvalue weighted by molar-refractivity contribution is -0.116. The van der Waals surface area contributed by atoms with Crippen molar-refractivity contribution in [3.8, 4) is 6.07 Å². The molecule has 2 aromatic rings. The number of amides is 1. The number of nitrogens with one attached hydrogen (secondary N) is 1. The minimum absolute atomic E-state index is 0.0294. The Kier molecular flexibility index (Phi) is 7.54. The van der Waals surface area contributed by atoms with E-state index < -0.39 is 0 Å². The van der Waals surface area contributed by atoms with E-state index in [1.165, 1.54) is 0 Å². The van der Waals surface area contributed by atoms with Crippen molar-refractivity contribution in [2.75, 3.05) is 74.1 Å². The molecule has 2 aliphatic heterocycles. The van der Waals surface area contributed by atoms with Crippen molar-refractivity contribution >= 4 is 23.1 Å². The molecule has 1 N–H and O–H groups in total. The standard InChI is InChI=1S/C24H30N6O2/c25-19-20-3-1-9-26-24(20)30-11-2-10-28(13-14-30)12-8-23(31)27-21-4-6-22(7-5-21)29-15-17-32-18-16-29/h1,3-7,9H,2,8,10-18H2,(H,27,31). The SMILES string of the molecule is N#Cc1cccnc1N1CCCN(CCC(=O)Nc2ccc(N3CCOCC3)cc2)CC1. The molecule has 0 atom stereocenters. The molecule has 8 heteroatoms. The van der Waals surface area contributed by atoms with E-state index in [1.54, 1.807) is 12.3 Å². The molecule has 0 unspecified atom stereocenters. The lowest BCUT2D eigenvalue weighted by atomic mass is 10.2. The molecule has 0 radical (unpaired) electrons. The van der Waals surface area contributed by atoms with Gasteiger partial charge in [0.05, 0.1) is 18.8 Å². The van der Waals surface area contributed by atoms with E-state index in [4.69, 9.17) is 4.74 Å². The van der Waals surface area contributed by atoms with Gasteiger partial charge in [0.25, 0.3) is 0 Å². The summed E-state index contributed by atoms with van der Waals surface area (Å²) in [5.74, 6) is 0.789. The van der Waals surface area contributed by atoms with Gasteiger partial charge in [-0.1, -0.05) is 0 Å². The second-order valence-electron chi connectivity index (χ2n) is 8.11. The van der Waals surface area contributed by atoms with Crippen LogP contribution < -0.4 is 15.1 Å². The fourth-order valence-electron chi connectivity index (χ4n) is 4.20. The average Bonchev–Trinajstić information content (AvgIpc) is 3.09. The zero-order chi connectivity index (χ0) is 22.2. The van der Waals surface area contributed by atoms with E-state index >= 15 is 0 Å². The number of nitrogens with zero attached hydrogens (tertiary/aromatic N) is 5. The molecule has 1 amide bonds. The summed E-state index contributed by atoms with van der Waals surface area (Å²) in [6.07, 6.45) is 3.17. The fraction of sp³-hybridized carbons (Fsp3) is 0.458. The van der Waals surface area contributed by atoms with E-state index in [0.29, 0.717) is 12.0 Å². The quantitative estimate of drug-likeness (QED) is 0.747. The van der Waals surface area contributed by atoms with Gasteiger partial charge >= 0.3 is 0 Å². The molecular weight excluding hydrogens is 404 g/mol. The van der Waals surface area contributed by atoms with Crippen molar-refractivity contribution in [3.05, 3.63) is 48.2 Å². The minimum atomic E-state index is 0.0294. The van der Waals surface area contributed by atoms with Crippen molar-refractivity contribution in [2.45, 2.75) is 12.8 Å². The molecule has 0 spiro atoms. The Labute approximate surface area is 189 Å². The van der Waals surface area contributed by atoms with Crippen LogP contribution in [0.25, 0.3) is 0 Å². The summed E-state index contributed by atoms with van der Waals surface area (Å²) in [4.78, 5) is 23.7. The number of aromatic nitrogens is 1. The number of rotatable bonds is 6. The monoisotopic (exact) mass is 434 g/mol. The number of morpholine rings is 1. The Morgan fingerprint density at radius 2 is 1.84 bits per heavy atom. The molecule has 2 fully saturated rings. The molecule has 168 valence electrons. The third-order valence-corrected chi connectivity index (χ3v) is 5.98. The maximum absolute atomic E-state index is 12.5. The third-order valence-electron chi connectivity index (χ3n) is 5.98. The summed E-state index contributed by atoms with van der Waals surface area (Å²) in [5, 5.41) is 12.4. The van der Waals surface area contributed by atoms with Crippen LogP contribution in [0.4, 0.5) is 17.2 Å². The van der Waals surface area contributed by atoms with E-state index in [1.807, 2.05) is 18.2 Å². The van der Waals surface area contributed by atoms with E-state index in [-0.39, 0.29) is 5.91 Å². The van der Waals surface area contributed by atoms with Crippen LogP contribution in [0.3, 0.4) is 0 Å². The Balaban J connectivity index is 1.23. The van der Waals surface area contributed by atoms with Gasteiger partial charge in [-0.05, 0) is 49.4 Å². The van der Waals surface area contributed by atoms with Crippen LogP contribution >= 0.6 is 0 Å². The van der Waals surface area contributed by atoms with Gasteiger partial charge < -0.3 is 24.8 Å². The number of carbonyl (C=O) groups is 1. The van der Waals surface area contributed by atoms with E-state index in [0.717, 1.165) is 82.6 Å². The molecule has 3 heterocycles. The molecule has 2 saturated heterocycles. The van der Waals surface area contributed by atoms with E-state index in [2.05, 4.69) is 43.2 Å². The predicted molar refractivity (Wildman–Crippen MR) is 125 cm³/mol. The first kappa shape index (κ1) is 22.1. The highest BCUT2D eigenvalue weighted by Gasteiger charge is 2.19. The molecule has 0 bridgehead atoms. The highest BCUT2D eigenvalue weighted by atomic mass is 16.5. The minimum Gasteiger partial charge on any atom is -0.378 e. The Morgan fingerprint density at radius 3 is 2.62 bits per heavy atom. The topological polar surface area (TPSA) is 84.7 Å². The number of nitriles is 1. The summed E-state index contributed by atoms with van der Waals surface area (Å²) < 4.78 is 5.40. The van der Waals surface area contributed by atoms with Crippen LogP contribution in [0.1, 0.15) is 18.4 Å². The van der Waals surface area contributed by atoms with Gasteiger partial charge in [0.2, 0.25) is 5.91 Å². The molecule has 1 aromatic carbocycles. The molecule has 0 saturated carbocycles. The fourth-order valence-corrected chi connectivity index (χ4v) is 4.20. The predicted octanol–water partition coefficient (Wildman–Crippen LogP) is 2.33. The average molecular weight is 435 g/mol. The second-order valence-corrected chi connectivity index (χ2v) is 8.11.